The van der Waals surface area contributed by atoms with Crippen LogP contribution in [0.25, 0.3) is 5.82 Å². The van der Waals surface area contributed by atoms with Crippen LogP contribution < -0.4 is 0 Å². The van der Waals surface area contributed by atoms with E-state index in [1.54, 1.807) is 50.1 Å². The van der Waals surface area contributed by atoms with Crippen LogP contribution in [0.3, 0.4) is 0 Å². The first-order chi connectivity index (χ1) is 29.5. The molecular weight excluding hydrogens is 813 g/mol. The van der Waals surface area contributed by atoms with Crippen molar-refractivity contribution in [1.29, 1.82) is 0 Å². The summed E-state index contributed by atoms with van der Waals surface area (Å²) in [5.74, 6) is -4.75. The van der Waals surface area contributed by atoms with E-state index in [1.807, 2.05) is 40.0 Å². The molecule has 0 radical (unpaired) electrons. The van der Waals surface area contributed by atoms with Crippen LogP contribution in [0.4, 0.5) is 0 Å². The van der Waals surface area contributed by atoms with Gasteiger partial charge in [-0.25, -0.2) is 14.7 Å². The number of oxime groups is 1. The largest absolute Gasteiger partial charge is 0.459 e. The molecule has 350 valence electrons. The monoisotopic (exact) mass is 883 g/mol. The molecule has 17 heteroatoms. The zero-order valence-corrected chi connectivity index (χ0v) is 39.3. The number of aliphatic hydroxyl groups excluding tert-OH is 1. The molecule has 5 heterocycles. The van der Waals surface area contributed by atoms with Crippen molar-refractivity contribution in [2.45, 2.75) is 169 Å². The number of aliphatic imine (C=N–C) groups is 1. The van der Waals surface area contributed by atoms with Crippen LogP contribution in [0.5, 0.6) is 0 Å². The summed E-state index contributed by atoms with van der Waals surface area (Å²) in [5.41, 5.74) is -2.17. The maximum Gasteiger partial charge on any atom is 0.316 e. The van der Waals surface area contributed by atoms with Gasteiger partial charge in [0.15, 0.2) is 17.9 Å². The van der Waals surface area contributed by atoms with E-state index in [9.17, 15) is 24.6 Å². The number of ketones is 1. The number of amides is 1. The highest BCUT2D eigenvalue weighted by atomic mass is 16.7. The van der Waals surface area contributed by atoms with E-state index in [2.05, 4.69) is 45.9 Å². The first kappa shape index (κ1) is 50.0. The number of cyclic esters (lactones) is 1. The highest BCUT2D eigenvalue weighted by molar-refractivity contribution is 6.00. The van der Waals surface area contributed by atoms with Crippen molar-refractivity contribution >= 4 is 29.1 Å². The summed E-state index contributed by atoms with van der Waals surface area (Å²) in [6.45, 7) is 21.0. The fourth-order valence-corrected chi connectivity index (χ4v) is 9.21. The van der Waals surface area contributed by atoms with Gasteiger partial charge in [0.2, 0.25) is 5.91 Å². The molecule has 3 aliphatic rings. The number of esters is 1. The number of pyridine rings is 1. The molecule has 0 saturated carbocycles. The van der Waals surface area contributed by atoms with Gasteiger partial charge < -0.3 is 38.7 Å². The second kappa shape index (κ2) is 20.5. The van der Waals surface area contributed by atoms with Gasteiger partial charge in [-0.1, -0.05) is 38.9 Å². The van der Waals surface area contributed by atoms with Gasteiger partial charge in [-0.05, 0) is 92.8 Å². The number of likely N-dealkylation sites (N-methyl/N-ethyl adjacent to an activating group) is 1. The lowest BCUT2D eigenvalue weighted by Gasteiger charge is -2.49. The van der Waals surface area contributed by atoms with Crippen LogP contribution in [0.15, 0.2) is 46.9 Å². The van der Waals surface area contributed by atoms with E-state index in [4.69, 9.17) is 28.5 Å². The van der Waals surface area contributed by atoms with Gasteiger partial charge in [0.25, 0.3) is 0 Å². The Morgan fingerprint density at radius 2 is 1.81 bits per heavy atom. The van der Waals surface area contributed by atoms with E-state index in [1.165, 1.54) is 20.8 Å². The Morgan fingerprint density at radius 1 is 1.10 bits per heavy atom. The number of Topliss-reactive ketones (excluding diaryl/α,β-unsaturated/α-hetero) is 1. The summed E-state index contributed by atoms with van der Waals surface area (Å²) < 4.78 is 34.4. The van der Waals surface area contributed by atoms with Crippen molar-refractivity contribution in [3.05, 3.63) is 42.4 Å². The first-order valence-corrected chi connectivity index (χ1v) is 22.1. The van der Waals surface area contributed by atoms with Crippen molar-refractivity contribution in [2.24, 2.45) is 33.8 Å². The van der Waals surface area contributed by atoms with Gasteiger partial charge in [-0.15, -0.1) is 0 Å². The predicted octanol–water partition coefficient (Wildman–Crippen LogP) is 4.87. The molecule has 0 spiro atoms. The lowest BCUT2D eigenvalue weighted by Crippen LogP contribution is -2.62. The Bertz CT molecular complexity index is 1930. The molecule has 5 rings (SSSR count). The predicted molar refractivity (Wildman–Crippen MR) is 234 cm³/mol. The van der Waals surface area contributed by atoms with E-state index in [-0.39, 0.29) is 56.1 Å². The van der Waals surface area contributed by atoms with Crippen LogP contribution in [-0.2, 0) is 49.5 Å². The number of hydrogen-bond donors (Lipinski definition) is 2. The molecule has 3 saturated heterocycles. The minimum Gasteiger partial charge on any atom is -0.459 e. The van der Waals surface area contributed by atoms with Crippen molar-refractivity contribution in [2.75, 3.05) is 20.3 Å². The van der Waals surface area contributed by atoms with Crippen LogP contribution >= 0.6 is 0 Å². The number of carbonyl (C=O) groups is 3. The smallest absolute Gasteiger partial charge is 0.316 e. The van der Waals surface area contributed by atoms with Gasteiger partial charge in [-0.3, -0.25) is 19.3 Å². The molecule has 13 atom stereocenters. The maximum absolute atomic E-state index is 14.6. The highest BCUT2D eigenvalue weighted by Crippen LogP contribution is 2.40. The highest BCUT2D eigenvalue weighted by Gasteiger charge is 2.53. The van der Waals surface area contributed by atoms with E-state index >= 15 is 0 Å². The third-order valence-corrected chi connectivity index (χ3v) is 13.0. The number of aromatic nitrogens is 3. The van der Waals surface area contributed by atoms with Crippen molar-refractivity contribution in [3.8, 4) is 5.82 Å². The number of rotatable bonds is 8. The normalized spacial score (nSPS) is 36.7. The van der Waals surface area contributed by atoms with Crippen molar-refractivity contribution in [1.82, 2.24) is 19.7 Å². The zero-order chi connectivity index (χ0) is 46.6. The fourth-order valence-electron chi connectivity index (χ4n) is 9.21. The quantitative estimate of drug-likeness (QED) is 0.206. The second-order valence-electron chi connectivity index (χ2n) is 19.1. The summed E-state index contributed by atoms with van der Waals surface area (Å²) in [5, 5.41) is 33.2. The van der Waals surface area contributed by atoms with Crippen LogP contribution in [0, 0.1) is 23.7 Å². The fraction of sp³-hybridized carbons (Fsp3) is 0.717. The number of nitrogens with zero attached hydrogens (tertiary/aromatic N) is 6. The summed E-state index contributed by atoms with van der Waals surface area (Å²) >= 11 is 0. The molecule has 0 aliphatic carbocycles. The molecule has 0 unspecified atom stereocenters. The van der Waals surface area contributed by atoms with Crippen LogP contribution in [-0.4, -0.2) is 139 Å². The molecule has 63 heavy (non-hydrogen) atoms. The molecule has 2 aromatic rings. The Hall–Kier alpha value is -3.97. The third kappa shape index (κ3) is 11.7. The van der Waals surface area contributed by atoms with Crippen molar-refractivity contribution in [3.63, 3.8) is 0 Å². The van der Waals surface area contributed by atoms with E-state index in [0.29, 0.717) is 18.0 Å². The Morgan fingerprint density at radius 3 is 2.41 bits per heavy atom. The number of carbonyl (C=O) groups excluding carboxylic acids is 3. The lowest BCUT2D eigenvalue weighted by molar-refractivity contribution is -0.299. The average molecular weight is 883 g/mol. The standard InChI is InChI=1S/C46H70N6O11/c1-14-35-46(12,57)41-28(4)37(49-31(7)53)26(2)21-45(11,59-25-33(24-58-41)50-60-23-32-16-17-36(47-22-32)52-19-15-18-48-52)40(29(5)38(54)30(6)42(56)62-35)63-43-39(55)34(20-27(3)61-43)51(13)44(8,9)10/h15-19,22,26-30,34-35,39-41,43,55,57H,14,20-21,23-25H2,1-13H3/b49-37?,50-33+/t26-,27-,28+,29+,30-,34+,35-,39-,40-,41-,43+,45-,46-/m1/s1. The van der Waals surface area contributed by atoms with Crippen LogP contribution in [0.2, 0.25) is 0 Å². The van der Waals surface area contributed by atoms with E-state index in [0.717, 1.165) is 5.56 Å². The van der Waals surface area contributed by atoms with Crippen LogP contribution in [0.1, 0.15) is 108 Å². The van der Waals surface area contributed by atoms with Gasteiger partial charge in [0, 0.05) is 60.2 Å². The van der Waals surface area contributed by atoms with Gasteiger partial charge in [0.05, 0.1) is 37.1 Å². The molecule has 2 bridgehead atoms. The van der Waals surface area contributed by atoms with Gasteiger partial charge >= 0.3 is 5.97 Å². The zero-order valence-electron chi connectivity index (χ0n) is 39.3. The summed E-state index contributed by atoms with van der Waals surface area (Å²) in [6, 6.07) is 5.09. The molecule has 1 amide bonds. The molecule has 3 fully saturated rings. The minimum absolute atomic E-state index is 0.0411. The van der Waals surface area contributed by atoms with Gasteiger partial charge in [0.1, 0.15) is 36.0 Å². The minimum atomic E-state index is -1.86. The van der Waals surface area contributed by atoms with Gasteiger partial charge in [-0.2, -0.15) is 5.10 Å². The summed E-state index contributed by atoms with van der Waals surface area (Å²) in [6.07, 6.45) is -0.163. The Kier molecular flexibility index (Phi) is 16.3. The molecule has 3 aliphatic heterocycles. The second-order valence-corrected chi connectivity index (χ2v) is 19.1. The molecule has 17 nitrogen and oxygen atoms in total. The number of hydrogen-bond acceptors (Lipinski definition) is 15. The SMILES string of the molecule is CC[C@H]1OC(=O)[C@H](C)C(=O)[C@H](C)[C@@H](O[C@@H]2O[C@H](C)C[C@H](N(C)C(C)(C)C)[C@H]2O)[C@@]2(C)C[C@@H](C)C(=NC(C)=O)[C@H](C)[C@@H](OC/C(=N\OCc3ccc(-n4cccn4)nc3)CO2)[C@]1(C)O. The average Bonchev–Trinajstić information content (AvgIpc) is 3.76. The number of ether oxygens (including phenoxy) is 5. The maximum atomic E-state index is 14.6. The Labute approximate surface area is 371 Å². The molecule has 2 aromatic heterocycles. The third-order valence-electron chi connectivity index (χ3n) is 13.0. The Balaban J connectivity index is 1.64. The molecule has 0 aromatic carbocycles. The summed E-state index contributed by atoms with van der Waals surface area (Å²) in [4.78, 5) is 58.5. The van der Waals surface area contributed by atoms with E-state index < -0.39 is 83.2 Å². The summed E-state index contributed by atoms with van der Waals surface area (Å²) in [7, 11) is 1.95. The number of fused-ring (bicyclic) bond motifs is 5. The molecular formula is C46H70N6O11. The molecule has 2 N–H and O–H groups in total. The topological polar surface area (TPSA) is 206 Å². The number of aliphatic hydroxyl groups is 2. The lowest BCUT2D eigenvalue weighted by atomic mass is 9.73. The van der Waals surface area contributed by atoms with Crippen molar-refractivity contribution < 1.29 is 53.1 Å². The first-order valence-electron chi connectivity index (χ1n) is 22.1.